The number of aromatic nitrogens is 2. The van der Waals surface area contributed by atoms with E-state index < -0.39 is 0 Å². The molecular weight excluding hydrogens is 340 g/mol. The van der Waals surface area contributed by atoms with Crippen LogP contribution in [0.4, 0.5) is 17.5 Å². The van der Waals surface area contributed by atoms with E-state index in [4.69, 9.17) is 9.47 Å². The molecule has 6 nitrogen and oxygen atoms in total. The number of aryl methyl sites for hydroxylation is 2. The molecule has 0 spiro atoms. The Balaban J connectivity index is 1.76. The Morgan fingerprint density at radius 3 is 2.37 bits per heavy atom. The van der Waals surface area contributed by atoms with Gasteiger partial charge in [-0.15, -0.1) is 0 Å². The third kappa shape index (κ3) is 4.88. The van der Waals surface area contributed by atoms with Crippen molar-refractivity contribution in [3.05, 3.63) is 65.4 Å². The van der Waals surface area contributed by atoms with E-state index in [0.717, 1.165) is 22.9 Å². The maximum Gasteiger partial charge on any atom is 0.229 e. The quantitative estimate of drug-likeness (QED) is 0.645. The minimum absolute atomic E-state index is 0.505. The summed E-state index contributed by atoms with van der Waals surface area (Å²) >= 11 is 0. The molecule has 0 unspecified atom stereocenters. The lowest BCUT2D eigenvalue weighted by atomic mass is 10.1. The summed E-state index contributed by atoms with van der Waals surface area (Å²) in [6.07, 6.45) is 0. The maximum atomic E-state index is 5.42. The van der Waals surface area contributed by atoms with Gasteiger partial charge in [-0.05, 0) is 31.5 Å². The molecule has 27 heavy (non-hydrogen) atoms. The topological polar surface area (TPSA) is 68.3 Å². The Hall–Kier alpha value is -3.28. The molecule has 0 saturated carbocycles. The number of benzene rings is 2. The Labute approximate surface area is 159 Å². The molecule has 0 radical (unpaired) electrons. The molecule has 0 aliphatic rings. The Bertz CT molecular complexity index is 911. The second-order valence-corrected chi connectivity index (χ2v) is 6.25. The number of rotatable bonds is 7. The van der Waals surface area contributed by atoms with Crippen molar-refractivity contribution in [2.75, 3.05) is 24.9 Å². The molecule has 0 saturated heterocycles. The van der Waals surface area contributed by atoms with Crippen LogP contribution >= 0.6 is 0 Å². The van der Waals surface area contributed by atoms with Crippen LogP contribution in [-0.4, -0.2) is 24.2 Å². The highest BCUT2D eigenvalue weighted by atomic mass is 16.5. The third-order valence-corrected chi connectivity index (χ3v) is 4.10. The molecule has 0 atom stereocenters. The van der Waals surface area contributed by atoms with Gasteiger partial charge in [0.2, 0.25) is 5.95 Å². The van der Waals surface area contributed by atoms with Crippen LogP contribution in [0.2, 0.25) is 0 Å². The molecule has 3 aromatic rings. The van der Waals surface area contributed by atoms with Crippen molar-refractivity contribution in [1.82, 2.24) is 9.97 Å². The number of methoxy groups -OCH3 is 2. The molecule has 0 aliphatic heterocycles. The van der Waals surface area contributed by atoms with Gasteiger partial charge in [0.1, 0.15) is 17.3 Å². The van der Waals surface area contributed by atoms with Crippen LogP contribution in [0.1, 0.15) is 16.8 Å². The van der Waals surface area contributed by atoms with Gasteiger partial charge in [0.05, 0.1) is 19.9 Å². The van der Waals surface area contributed by atoms with Gasteiger partial charge < -0.3 is 20.1 Å². The van der Waals surface area contributed by atoms with Gasteiger partial charge in [-0.25, -0.2) is 4.98 Å². The van der Waals surface area contributed by atoms with Gasteiger partial charge in [-0.2, -0.15) is 4.98 Å². The molecule has 2 N–H and O–H groups in total. The lowest BCUT2D eigenvalue weighted by molar-refractivity contribution is 0.395. The third-order valence-electron chi connectivity index (χ3n) is 4.10. The van der Waals surface area contributed by atoms with Crippen molar-refractivity contribution in [3.63, 3.8) is 0 Å². The number of nitrogens with one attached hydrogen (secondary N) is 2. The molecule has 1 heterocycles. The molecule has 0 amide bonds. The standard InChI is InChI=1S/C21H24N4O2/c1-14-5-7-16(8-6-14)13-22-20-11-15(2)23-21(25-20)24-18-10-9-17(26-3)12-19(18)27-4/h5-12H,13H2,1-4H3,(H2,22,23,24,25). The summed E-state index contributed by atoms with van der Waals surface area (Å²) in [6.45, 7) is 4.72. The van der Waals surface area contributed by atoms with Crippen LogP contribution in [0.3, 0.4) is 0 Å². The molecule has 2 aromatic carbocycles. The van der Waals surface area contributed by atoms with Gasteiger partial charge in [-0.1, -0.05) is 29.8 Å². The highest BCUT2D eigenvalue weighted by molar-refractivity contribution is 5.65. The van der Waals surface area contributed by atoms with Crippen LogP contribution in [0.5, 0.6) is 11.5 Å². The van der Waals surface area contributed by atoms with Crippen LogP contribution in [-0.2, 0) is 6.54 Å². The van der Waals surface area contributed by atoms with Crippen molar-refractivity contribution < 1.29 is 9.47 Å². The summed E-state index contributed by atoms with van der Waals surface area (Å²) in [5, 5.41) is 6.57. The number of ether oxygens (including phenoxy) is 2. The smallest absolute Gasteiger partial charge is 0.229 e. The zero-order valence-electron chi connectivity index (χ0n) is 16.0. The number of anilines is 3. The maximum absolute atomic E-state index is 5.42. The van der Waals surface area contributed by atoms with Crippen LogP contribution in [0.15, 0.2) is 48.5 Å². The molecule has 0 fully saturated rings. The number of nitrogens with zero attached hydrogens (tertiary/aromatic N) is 2. The van der Waals surface area contributed by atoms with E-state index in [-0.39, 0.29) is 0 Å². The predicted molar refractivity (Wildman–Crippen MR) is 108 cm³/mol. The van der Waals surface area contributed by atoms with E-state index >= 15 is 0 Å². The lowest BCUT2D eigenvalue weighted by Gasteiger charge is -2.13. The van der Waals surface area contributed by atoms with E-state index in [1.54, 1.807) is 14.2 Å². The van der Waals surface area contributed by atoms with Crippen LogP contribution < -0.4 is 20.1 Å². The van der Waals surface area contributed by atoms with E-state index in [1.165, 1.54) is 11.1 Å². The lowest BCUT2D eigenvalue weighted by Crippen LogP contribution is -2.06. The fourth-order valence-corrected chi connectivity index (χ4v) is 2.64. The van der Waals surface area contributed by atoms with E-state index in [1.807, 2.05) is 31.2 Å². The predicted octanol–water partition coefficient (Wildman–Crippen LogP) is 4.47. The zero-order chi connectivity index (χ0) is 19.2. The highest BCUT2D eigenvalue weighted by Gasteiger charge is 2.08. The molecule has 140 valence electrons. The fourth-order valence-electron chi connectivity index (χ4n) is 2.64. The Morgan fingerprint density at radius 1 is 0.889 bits per heavy atom. The summed E-state index contributed by atoms with van der Waals surface area (Å²) in [5.74, 6) is 2.65. The summed E-state index contributed by atoms with van der Waals surface area (Å²) < 4.78 is 10.7. The monoisotopic (exact) mass is 364 g/mol. The zero-order valence-corrected chi connectivity index (χ0v) is 16.0. The van der Waals surface area contributed by atoms with Crippen molar-refractivity contribution in [3.8, 4) is 11.5 Å². The van der Waals surface area contributed by atoms with E-state index in [9.17, 15) is 0 Å². The second-order valence-electron chi connectivity index (χ2n) is 6.25. The van der Waals surface area contributed by atoms with Crippen molar-refractivity contribution in [1.29, 1.82) is 0 Å². The normalized spacial score (nSPS) is 10.4. The van der Waals surface area contributed by atoms with Gasteiger partial charge in [0.25, 0.3) is 0 Å². The first-order chi connectivity index (χ1) is 13.1. The number of hydrogen-bond acceptors (Lipinski definition) is 6. The summed E-state index contributed by atoms with van der Waals surface area (Å²) in [6, 6.07) is 15.9. The first-order valence-electron chi connectivity index (χ1n) is 8.71. The minimum atomic E-state index is 0.505. The van der Waals surface area contributed by atoms with Gasteiger partial charge in [-0.3, -0.25) is 0 Å². The van der Waals surface area contributed by atoms with Gasteiger partial charge in [0.15, 0.2) is 0 Å². The average Bonchev–Trinajstić information content (AvgIpc) is 2.67. The summed E-state index contributed by atoms with van der Waals surface area (Å²) in [7, 11) is 3.24. The van der Waals surface area contributed by atoms with Gasteiger partial charge in [0, 0.05) is 24.4 Å². The average molecular weight is 364 g/mol. The van der Waals surface area contributed by atoms with Crippen molar-refractivity contribution >= 4 is 17.5 Å². The summed E-state index contributed by atoms with van der Waals surface area (Å²) in [4.78, 5) is 9.02. The first kappa shape index (κ1) is 18.5. The van der Waals surface area contributed by atoms with Gasteiger partial charge >= 0.3 is 0 Å². The molecule has 0 aliphatic carbocycles. The Kier molecular flexibility index (Phi) is 5.76. The minimum Gasteiger partial charge on any atom is -0.497 e. The molecule has 0 bridgehead atoms. The van der Waals surface area contributed by atoms with E-state index in [2.05, 4.69) is 51.8 Å². The Morgan fingerprint density at radius 2 is 1.67 bits per heavy atom. The first-order valence-corrected chi connectivity index (χ1v) is 8.71. The van der Waals surface area contributed by atoms with E-state index in [0.29, 0.717) is 18.2 Å². The van der Waals surface area contributed by atoms with Crippen LogP contribution in [0, 0.1) is 13.8 Å². The van der Waals surface area contributed by atoms with Crippen molar-refractivity contribution in [2.45, 2.75) is 20.4 Å². The van der Waals surface area contributed by atoms with Crippen molar-refractivity contribution in [2.24, 2.45) is 0 Å². The molecular formula is C21H24N4O2. The number of hydrogen-bond donors (Lipinski definition) is 2. The molecule has 6 heteroatoms. The van der Waals surface area contributed by atoms with Crippen LogP contribution in [0.25, 0.3) is 0 Å². The highest BCUT2D eigenvalue weighted by Crippen LogP contribution is 2.30. The SMILES string of the molecule is COc1ccc(Nc2nc(C)cc(NCc3ccc(C)cc3)n2)c(OC)c1. The fraction of sp³-hybridized carbons (Fsp3) is 0.238. The molecule has 1 aromatic heterocycles. The largest absolute Gasteiger partial charge is 0.497 e. The summed E-state index contributed by atoms with van der Waals surface area (Å²) in [5.41, 5.74) is 4.08. The molecule has 3 rings (SSSR count). The second kappa shape index (κ2) is 8.40.